The van der Waals surface area contributed by atoms with Gasteiger partial charge in [0.05, 0.1) is 17.3 Å². The molecular formula is C13H13N5O2S. The molecule has 0 spiro atoms. The van der Waals surface area contributed by atoms with Gasteiger partial charge in [0, 0.05) is 19.3 Å². The summed E-state index contributed by atoms with van der Waals surface area (Å²) < 4.78 is 7.72. The minimum Gasteiger partial charge on any atom is -0.497 e. The number of nitrogens with zero attached hydrogens (tertiary/aromatic N) is 3. The van der Waals surface area contributed by atoms with Crippen LogP contribution in [0.15, 0.2) is 30.5 Å². The molecule has 3 rings (SSSR count). The zero-order valence-electron chi connectivity index (χ0n) is 11.5. The van der Waals surface area contributed by atoms with Crippen molar-refractivity contribution in [3.05, 3.63) is 30.5 Å². The molecule has 2 N–H and O–H groups in total. The van der Waals surface area contributed by atoms with Gasteiger partial charge < -0.3 is 4.74 Å². The van der Waals surface area contributed by atoms with Gasteiger partial charge in [0.1, 0.15) is 5.75 Å². The van der Waals surface area contributed by atoms with Crippen LogP contribution in [0.1, 0.15) is 0 Å². The highest BCUT2D eigenvalue weighted by Gasteiger charge is 2.09. The number of fused-ring (bicyclic) bond motifs is 1. The number of hydrogen-bond donors (Lipinski definition) is 2. The van der Waals surface area contributed by atoms with Gasteiger partial charge in [-0.1, -0.05) is 11.3 Å². The van der Waals surface area contributed by atoms with E-state index in [1.165, 1.54) is 11.3 Å². The normalized spacial score (nSPS) is 10.6. The van der Waals surface area contributed by atoms with Crippen LogP contribution in [-0.2, 0) is 7.05 Å². The van der Waals surface area contributed by atoms with Gasteiger partial charge in [0.25, 0.3) is 0 Å². The SMILES string of the molecule is COc1ccc2nc(NC(=O)Nc3ccn(C)n3)sc2c1. The van der Waals surface area contributed by atoms with Crippen molar-refractivity contribution in [1.29, 1.82) is 0 Å². The summed E-state index contributed by atoms with van der Waals surface area (Å²) in [6.07, 6.45) is 1.75. The molecule has 3 aromatic rings. The number of benzene rings is 1. The molecule has 0 fully saturated rings. The zero-order valence-corrected chi connectivity index (χ0v) is 12.3. The largest absolute Gasteiger partial charge is 0.497 e. The van der Waals surface area contributed by atoms with Gasteiger partial charge in [0.15, 0.2) is 10.9 Å². The van der Waals surface area contributed by atoms with Crippen LogP contribution in [0.5, 0.6) is 5.75 Å². The highest BCUT2D eigenvalue weighted by atomic mass is 32.1. The molecule has 0 bridgehead atoms. The van der Waals surface area contributed by atoms with Gasteiger partial charge in [0.2, 0.25) is 0 Å². The summed E-state index contributed by atoms with van der Waals surface area (Å²) in [7, 11) is 3.39. The summed E-state index contributed by atoms with van der Waals surface area (Å²) in [4.78, 5) is 16.2. The van der Waals surface area contributed by atoms with E-state index in [0.717, 1.165) is 16.0 Å². The summed E-state index contributed by atoms with van der Waals surface area (Å²) in [5, 5.41) is 9.92. The minimum absolute atomic E-state index is 0.375. The maximum absolute atomic E-state index is 11.9. The van der Waals surface area contributed by atoms with Crippen LogP contribution in [-0.4, -0.2) is 27.9 Å². The van der Waals surface area contributed by atoms with Crippen LogP contribution in [0.25, 0.3) is 10.2 Å². The van der Waals surface area contributed by atoms with E-state index >= 15 is 0 Å². The molecule has 2 heterocycles. The summed E-state index contributed by atoms with van der Waals surface area (Å²) in [6.45, 7) is 0. The molecule has 108 valence electrons. The lowest BCUT2D eigenvalue weighted by atomic mass is 10.3. The highest BCUT2D eigenvalue weighted by Crippen LogP contribution is 2.29. The molecule has 21 heavy (non-hydrogen) atoms. The molecule has 0 aliphatic carbocycles. The Kier molecular flexibility index (Phi) is 3.44. The molecule has 0 aliphatic heterocycles. The second kappa shape index (κ2) is 5.41. The van der Waals surface area contributed by atoms with Crippen molar-refractivity contribution in [2.45, 2.75) is 0 Å². The van der Waals surface area contributed by atoms with Crippen LogP contribution in [0, 0.1) is 0 Å². The summed E-state index contributed by atoms with van der Waals surface area (Å²) >= 11 is 1.38. The maximum atomic E-state index is 11.9. The molecule has 0 aliphatic rings. The first-order chi connectivity index (χ1) is 10.1. The first kappa shape index (κ1) is 13.4. The topological polar surface area (TPSA) is 81.1 Å². The number of carbonyl (C=O) groups is 1. The van der Waals surface area contributed by atoms with Crippen LogP contribution < -0.4 is 15.4 Å². The fraction of sp³-hybridized carbons (Fsp3) is 0.154. The lowest BCUT2D eigenvalue weighted by Crippen LogP contribution is -2.19. The Morgan fingerprint density at radius 2 is 2.19 bits per heavy atom. The van der Waals surface area contributed by atoms with E-state index in [1.807, 2.05) is 18.2 Å². The molecule has 2 amide bonds. The maximum Gasteiger partial charge on any atom is 0.326 e. The number of urea groups is 1. The van der Waals surface area contributed by atoms with Crippen molar-refractivity contribution in [3.63, 3.8) is 0 Å². The quantitative estimate of drug-likeness (QED) is 0.779. The average molecular weight is 303 g/mol. The lowest BCUT2D eigenvalue weighted by Gasteiger charge is -2.01. The van der Waals surface area contributed by atoms with E-state index in [-0.39, 0.29) is 6.03 Å². The standard InChI is InChI=1S/C13H13N5O2S/c1-18-6-5-11(17-18)15-12(19)16-13-14-9-4-3-8(20-2)7-10(9)21-13/h3-7H,1-2H3,(H2,14,15,16,17,19). The van der Waals surface area contributed by atoms with Crippen LogP contribution in [0.3, 0.4) is 0 Å². The number of amides is 2. The Balaban J connectivity index is 1.73. The van der Waals surface area contributed by atoms with E-state index in [0.29, 0.717) is 10.9 Å². The molecule has 7 nitrogen and oxygen atoms in total. The minimum atomic E-state index is -0.375. The predicted molar refractivity (Wildman–Crippen MR) is 82.0 cm³/mol. The van der Waals surface area contributed by atoms with Crippen LogP contribution in [0.4, 0.5) is 15.7 Å². The summed E-state index contributed by atoms with van der Waals surface area (Å²) in [6, 6.07) is 6.91. The number of methoxy groups -OCH3 is 1. The third kappa shape index (κ3) is 2.95. The van der Waals surface area contributed by atoms with Gasteiger partial charge in [-0.25, -0.2) is 9.78 Å². The van der Waals surface area contributed by atoms with Crippen molar-refractivity contribution < 1.29 is 9.53 Å². The number of ether oxygens (including phenoxy) is 1. The Bertz CT molecular complexity index is 795. The summed E-state index contributed by atoms with van der Waals surface area (Å²) in [5.74, 6) is 1.24. The first-order valence-corrected chi connectivity index (χ1v) is 6.98. The molecule has 2 aromatic heterocycles. The van der Waals surface area contributed by atoms with E-state index < -0.39 is 0 Å². The number of aromatic nitrogens is 3. The van der Waals surface area contributed by atoms with Crippen molar-refractivity contribution >= 4 is 38.5 Å². The number of carbonyl (C=O) groups excluding carboxylic acids is 1. The van der Waals surface area contributed by atoms with E-state index in [4.69, 9.17) is 4.74 Å². The molecule has 0 radical (unpaired) electrons. The average Bonchev–Trinajstić information content (AvgIpc) is 3.03. The van der Waals surface area contributed by atoms with Gasteiger partial charge in [-0.2, -0.15) is 5.10 Å². The Labute approximate surface area is 124 Å². The van der Waals surface area contributed by atoms with Gasteiger partial charge in [-0.3, -0.25) is 15.3 Å². The molecule has 0 unspecified atom stereocenters. The molecule has 0 saturated heterocycles. The first-order valence-electron chi connectivity index (χ1n) is 6.16. The molecule has 1 aromatic carbocycles. The Morgan fingerprint density at radius 1 is 1.33 bits per heavy atom. The van der Waals surface area contributed by atoms with Crippen LogP contribution in [0.2, 0.25) is 0 Å². The number of anilines is 2. The second-order valence-corrected chi connectivity index (χ2v) is 5.34. The van der Waals surface area contributed by atoms with Crippen molar-refractivity contribution in [1.82, 2.24) is 14.8 Å². The van der Waals surface area contributed by atoms with Gasteiger partial charge in [-0.15, -0.1) is 0 Å². The molecule has 0 saturated carbocycles. The smallest absolute Gasteiger partial charge is 0.326 e. The van der Waals surface area contributed by atoms with E-state index in [2.05, 4.69) is 20.7 Å². The fourth-order valence-corrected chi connectivity index (χ4v) is 2.70. The number of nitrogens with one attached hydrogen (secondary N) is 2. The number of thiazole rings is 1. The lowest BCUT2D eigenvalue weighted by molar-refractivity contribution is 0.262. The number of hydrogen-bond acceptors (Lipinski definition) is 5. The molecule has 0 atom stereocenters. The Morgan fingerprint density at radius 3 is 2.90 bits per heavy atom. The van der Waals surface area contributed by atoms with Gasteiger partial charge in [-0.05, 0) is 18.2 Å². The van der Waals surface area contributed by atoms with E-state index in [1.54, 1.807) is 31.1 Å². The third-order valence-corrected chi connectivity index (χ3v) is 3.70. The van der Waals surface area contributed by atoms with Crippen molar-refractivity contribution in [2.24, 2.45) is 7.05 Å². The number of aryl methyl sites for hydroxylation is 1. The second-order valence-electron chi connectivity index (χ2n) is 4.31. The third-order valence-electron chi connectivity index (χ3n) is 2.77. The van der Waals surface area contributed by atoms with Crippen molar-refractivity contribution in [2.75, 3.05) is 17.7 Å². The predicted octanol–water partition coefficient (Wildman–Crippen LogP) is 2.68. The molecule has 8 heteroatoms. The summed E-state index contributed by atoms with van der Waals surface area (Å²) in [5.41, 5.74) is 0.814. The Hall–Kier alpha value is -2.61. The van der Waals surface area contributed by atoms with Gasteiger partial charge >= 0.3 is 6.03 Å². The fourth-order valence-electron chi connectivity index (χ4n) is 1.81. The highest BCUT2D eigenvalue weighted by molar-refractivity contribution is 7.22. The van der Waals surface area contributed by atoms with E-state index in [9.17, 15) is 4.79 Å². The monoisotopic (exact) mass is 303 g/mol. The zero-order chi connectivity index (χ0) is 14.8. The number of rotatable bonds is 3. The van der Waals surface area contributed by atoms with Crippen molar-refractivity contribution in [3.8, 4) is 5.75 Å². The molecular weight excluding hydrogens is 290 g/mol. The van der Waals surface area contributed by atoms with Crippen LogP contribution >= 0.6 is 11.3 Å².